The first kappa shape index (κ1) is 27.2. The van der Waals surface area contributed by atoms with Crippen molar-refractivity contribution in [3.63, 3.8) is 0 Å². The minimum atomic E-state index is -4.71. The van der Waals surface area contributed by atoms with Gasteiger partial charge in [0.25, 0.3) is 0 Å². The SMILES string of the molecule is O=C(Nc1ccccc1C(F)(F)F)OC[C@H]1C[C@@H](NS(=O)(=O)c2cc(Br)ccc2Br)CN1C(=O)O. The number of nitrogens with one attached hydrogen (secondary N) is 2. The van der Waals surface area contributed by atoms with Gasteiger partial charge in [-0.15, -0.1) is 0 Å². The van der Waals surface area contributed by atoms with Crippen molar-refractivity contribution in [1.82, 2.24) is 9.62 Å². The molecule has 1 aliphatic rings. The van der Waals surface area contributed by atoms with Gasteiger partial charge in [-0.2, -0.15) is 13.2 Å². The van der Waals surface area contributed by atoms with Crippen molar-refractivity contribution in [3.8, 4) is 0 Å². The third kappa shape index (κ3) is 6.86. The predicted molar refractivity (Wildman–Crippen MR) is 126 cm³/mol. The van der Waals surface area contributed by atoms with E-state index in [9.17, 15) is 36.3 Å². The Balaban J connectivity index is 1.66. The lowest BCUT2D eigenvalue weighted by molar-refractivity contribution is -0.136. The van der Waals surface area contributed by atoms with E-state index >= 15 is 0 Å². The molecule has 0 unspecified atom stereocenters. The summed E-state index contributed by atoms with van der Waals surface area (Å²) in [6, 6.07) is 7.09. The van der Waals surface area contributed by atoms with Gasteiger partial charge < -0.3 is 14.7 Å². The molecule has 1 saturated heterocycles. The number of rotatable bonds is 6. The van der Waals surface area contributed by atoms with Crippen LogP contribution >= 0.6 is 31.9 Å². The van der Waals surface area contributed by atoms with Crippen molar-refractivity contribution in [1.29, 1.82) is 0 Å². The van der Waals surface area contributed by atoms with Crippen LogP contribution in [0.25, 0.3) is 0 Å². The van der Waals surface area contributed by atoms with Crippen LogP contribution in [0, 0.1) is 0 Å². The molecular formula is C20H18Br2F3N3O6S. The first-order chi connectivity index (χ1) is 16.3. The summed E-state index contributed by atoms with van der Waals surface area (Å²) in [5.41, 5.74) is -1.59. The van der Waals surface area contributed by atoms with Crippen LogP contribution in [0.15, 0.2) is 56.3 Å². The highest BCUT2D eigenvalue weighted by Crippen LogP contribution is 2.34. The Morgan fingerprint density at radius 3 is 2.51 bits per heavy atom. The zero-order chi connectivity index (χ0) is 26.0. The number of nitrogens with zero attached hydrogens (tertiary/aromatic N) is 1. The number of anilines is 1. The Morgan fingerprint density at radius 1 is 1.17 bits per heavy atom. The van der Waals surface area contributed by atoms with Gasteiger partial charge in [0, 0.05) is 21.5 Å². The molecule has 1 fully saturated rings. The number of benzene rings is 2. The number of carboxylic acid groups (broad SMARTS) is 1. The van der Waals surface area contributed by atoms with Crippen LogP contribution in [0.3, 0.4) is 0 Å². The molecular weight excluding hydrogens is 627 g/mol. The van der Waals surface area contributed by atoms with Gasteiger partial charge in [-0.05, 0) is 52.7 Å². The molecule has 35 heavy (non-hydrogen) atoms. The van der Waals surface area contributed by atoms with Crippen molar-refractivity contribution in [3.05, 3.63) is 57.0 Å². The van der Waals surface area contributed by atoms with Gasteiger partial charge in [0.1, 0.15) is 6.61 Å². The quantitative estimate of drug-likeness (QED) is 0.412. The van der Waals surface area contributed by atoms with Gasteiger partial charge in [0.15, 0.2) is 0 Å². The van der Waals surface area contributed by atoms with Gasteiger partial charge in [0.2, 0.25) is 10.0 Å². The first-order valence-electron chi connectivity index (χ1n) is 9.85. The van der Waals surface area contributed by atoms with Crippen LogP contribution < -0.4 is 10.0 Å². The fourth-order valence-electron chi connectivity index (χ4n) is 3.52. The van der Waals surface area contributed by atoms with E-state index < -0.39 is 58.3 Å². The maximum atomic E-state index is 13.1. The van der Waals surface area contributed by atoms with Crippen LogP contribution in [0.5, 0.6) is 0 Å². The molecule has 1 aliphatic heterocycles. The van der Waals surface area contributed by atoms with Gasteiger partial charge >= 0.3 is 18.4 Å². The topological polar surface area (TPSA) is 125 Å². The number of para-hydroxylation sites is 1. The molecule has 0 aliphatic carbocycles. The number of sulfonamides is 1. The second kappa shape index (κ2) is 10.7. The molecule has 1 heterocycles. The predicted octanol–water partition coefficient (Wildman–Crippen LogP) is 4.88. The average molecular weight is 645 g/mol. The van der Waals surface area contributed by atoms with E-state index in [2.05, 4.69) is 36.6 Å². The third-order valence-corrected chi connectivity index (χ3v) is 8.05. The number of halogens is 5. The highest BCUT2D eigenvalue weighted by atomic mass is 79.9. The summed E-state index contributed by atoms with van der Waals surface area (Å²) in [5.74, 6) is 0. The summed E-state index contributed by atoms with van der Waals surface area (Å²) in [7, 11) is -4.03. The summed E-state index contributed by atoms with van der Waals surface area (Å²) < 4.78 is 73.1. The molecule has 0 aromatic heterocycles. The molecule has 3 rings (SSSR count). The fourth-order valence-corrected chi connectivity index (χ4v) is 6.26. The Bertz CT molecular complexity index is 1230. The zero-order valence-electron chi connectivity index (χ0n) is 17.6. The summed E-state index contributed by atoms with van der Waals surface area (Å²) in [5, 5.41) is 11.5. The van der Waals surface area contributed by atoms with Gasteiger partial charge in [-0.3, -0.25) is 5.32 Å². The molecule has 0 radical (unpaired) electrons. The highest BCUT2D eigenvalue weighted by molar-refractivity contribution is 9.11. The van der Waals surface area contributed by atoms with E-state index in [0.717, 1.165) is 23.1 Å². The Kier molecular flexibility index (Phi) is 8.34. The number of hydrogen-bond acceptors (Lipinski definition) is 5. The minimum Gasteiger partial charge on any atom is -0.465 e. The monoisotopic (exact) mass is 643 g/mol. The normalized spacial score (nSPS) is 18.4. The highest BCUT2D eigenvalue weighted by Gasteiger charge is 2.39. The number of amides is 2. The number of carbonyl (C=O) groups is 2. The lowest BCUT2D eigenvalue weighted by atomic mass is 10.1. The number of carbonyl (C=O) groups excluding carboxylic acids is 1. The van der Waals surface area contributed by atoms with Gasteiger partial charge in [-0.25, -0.2) is 22.7 Å². The number of likely N-dealkylation sites (tertiary alicyclic amines) is 1. The molecule has 2 amide bonds. The third-order valence-electron chi connectivity index (χ3n) is 5.04. The van der Waals surface area contributed by atoms with Crippen LogP contribution in [0.4, 0.5) is 28.4 Å². The second-order valence-corrected chi connectivity index (χ2v) is 10.9. The van der Waals surface area contributed by atoms with E-state index in [4.69, 9.17) is 4.74 Å². The Morgan fingerprint density at radius 2 is 1.86 bits per heavy atom. The van der Waals surface area contributed by atoms with Crippen LogP contribution in [-0.4, -0.2) is 55.8 Å². The van der Waals surface area contributed by atoms with Gasteiger partial charge in [0.05, 0.1) is 22.2 Å². The molecule has 2 aromatic carbocycles. The maximum absolute atomic E-state index is 13.1. The number of hydrogen-bond donors (Lipinski definition) is 3. The van der Waals surface area contributed by atoms with Crippen molar-refractivity contribution < 1.29 is 41.0 Å². The number of alkyl halides is 3. The van der Waals surface area contributed by atoms with Crippen molar-refractivity contribution >= 4 is 59.8 Å². The van der Waals surface area contributed by atoms with Crippen LogP contribution in [0.2, 0.25) is 0 Å². The van der Waals surface area contributed by atoms with Crippen molar-refractivity contribution in [2.45, 2.75) is 29.6 Å². The molecule has 3 N–H and O–H groups in total. The van der Waals surface area contributed by atoms with Crippen LogP contribution in [-0.2, 0) is 20.9 Å². The Labute approximate surface area is 214 Å². The first-order valence-corrected chi connectivity index (χ1v) is 12.9. The molecule has 15 heteroatoms. The molecule has 190 valence electrons. The maximum Gasteiger partial charge on any atom is 0.418 e. The summed E-state index contributed by atoms with van der Waals surface area (Å²) >= 11 is 6.37. The van der Waals surface area contributed by atoms with Crippen molar-refractivity contribution in [2.75, 3.05) is 18.5 Å². The summed E-state index contributed by atoms with van der Waals surface area (Å²) in [6.07, 6.45) is -7.31. The van der Waals surface area contributed by atoms with E-state index in [0.29, 0.717) is 8.95 Å². The van der Waals surface area contributed by atoms with Gasteiger partial charge in [-0.1, -0.05) is 28.1 Å². The zero-order valence-corrected chi connectivity index (χ0v) is 21.5. The van der Waals surface area contributed by atoms with Crippen molar-refractivity contribution in [2.24, 2.45) is 0 Å². The van der Waals surface area contributed by atoms with E-state index in [-0.39, 0.29) is 17.9 Å². The fraction of sp³-hybridized carbons (Fsp3) is 0.300. The molecule has 0 bridgehead atoms. The average Bonchev–Trinajstić information content (AvgIpc) is 3.16. The molecule has 2 aromatic rings. The summed E-state index contributed by atoms with van der Waals surface area (Å²) in [6.45, 7) is -0.710. The molecule has 2 atom stereocenters. The number of ether oxygens (including phenoxy) is 1. The standard InChI is InChI=1S/C20H18Br2F3N3O6S/c21-11-5-6-15(22)17(7-11)35(32,33)27-12-8-13(28(9-12)19(30)31)10-34-18(29)26-16-4-2-1-3-14(16)20(23,24)25/h1-7,12-13,27H,8-10H2,(H,26,29)(H,30,31)/t12-,13-/m1/s1. The Hall–Kier alpha value is -2.36. The molecule has 0 saturated carbocycles. The summed E-state index contributed by atoms with van der Waals surface area (Å²) in [4.78, 5) is 24.6. The van der Waals surface area contributed by atoms with Crippen LogP contribution in [0.1, 0.15) is 12.0 Å². The minimum absolute atomic E-state index is 0.0242. The van der Waals surface area contributed by atoms with E-state index in [1.807, 2.05) is 5.32 Å². The molecule has 9 nitrogen and oxygen atoms in total. The largest absolute Gasteiger partial charge is 0.465 e. The second-order valence-electron chi connectivity index (χ2n) is 7.48. The molecule has 0 spiro atoms. The van der Waals surface area contributed by atoms with E-state index in [1.54, 1.807) is 6.07 Å². The smallest absolute Gasteiger partial charge is 0.418 e. The lowest BCUT2D eigenvalue weighted by Crippen LogP contribution is -2.40. The van der Waals surface area contributed by atoms with E-state index in [1.165, 1.54) is 18.2 Å². The lowest BCUT2D eigenvalue weighted by Gasteiger charge is -2.21.